The molecule has 14 heavy (non-hydrogen) atoms. The first-order chi connectivity index (χ1) is 6.77. The molecule has 0 saturated carbocycles. The SMILES string of the molecule is Nc1ccc(N2CCNCC2)c(N)c1. The molecule has 76 valence electrons. The van der Waals surface area contributed by atoms with Gasteiger partial charge >= 0.3 is 0 Å². The summed E-state index contributed by atoms with van der Waals surface area (Å²) in [5.41, 5.74) is 14.1. The predicted octanol–water partition coefficient (Wildman–Crippen LogP) is 0.261. The van der Waals surface area contributed by atoms with Gasteiger partial charge in [-0.2, -0.15) is 0 Å². The maximum atomic E-state index is 5.91. The molecule has 1 fully saturated rings. The number of nitrogen functional groups attached to an aromatic ring is 2. The molecule has 1 aromatic carbocycles. The molecule has 1 aromatic rings. The number of piperazine rings is 1. The molecule has 0 unspecified atom stereocenters. The summed E-state index contributed by atoms with van der Waals surface area (Å²) in [5.74, 6) is 0. The Balaban J connectivity index is 2.22. The molecule has 2 rings (SSSR count). The Kier molecular flexibility index (Phi) is 2.45. The molecule has 0 aliphatic carbocycles. The van der Waals surface area contributed by atoms with Crippen molar-refractivity contribution in [3.63, 3.8) is 0 Å². The largest absolute Gasteiger partial charge is 0.399 e. The summed E-state index contributed by atoms with van der Waals surface area (Å²) in [6, 6.07) is 5.71. The molecule has 4 heteroatoms. The van der Waals surface area contributed by atoms with E-state index in [1.165, 1.54) is 0 Å². The third-order valence-corrected chi connectivity index (χ3v) is 2.51. The lowest BCUT2D eigenvalue weighted by Gasteiger charge is -2.30. The summed E-state index contributed by atoms with van der Waals surface area (Å²) >= 11 is 0. The fraction of sp³-hybridized carbons (Fsp3) is 0.400. The van der Waals surface area contributed by atoms with Gasteiger partial charge in [0, 0.05) is 31.9 Å². The second-order valence-corrected chi connectivity index (χ2v) is 3.56. The number of hydrogen-bond acceptors (Lipinski definition) is 4. The number of nitrogens with zero attached hydrogens (tertiary/aromatic N) is 1. The van der Waals surface area contributed by atoms with Gasteiger partial charge in [0.1, 0.15) is 0 Å². The number of nitrogens with one attached hydrogen (secondary N) is 1. The van der Waals surface area contributed by atoms with Gasteiger partial charge in [0.2, 0.25) is 0 Å². The summed E-state index contributed by atoms with van der Waals surface area (Å²) in [7, 11) is 0. The van der Waals surface area contributed by atoms with Crippen molar-refractivity contribution in [1.29, 1.82) is 0 Å². The number of hydrogen-bond donors (Lipinski definition) is 3. The smallest absolute Gasteiger partial charge is 0.0602 e. The highest BCUT2D eigenvalue weighted by Crippen LogP contribution is 2.25. The van der Waals surface area contributed by atoms with Crippen LogP contribution in [0.5, 0.6) is 0 Å². The molecule has 0 radical (unpaired) electrons. The Morgan fingerprint density at radius 2 is 1.86 bits per heavy atom. The first-order valence-corrected chi connectivity index (χ1v) is 4.88. The first kappa shape index (κ1) is 9.15. The third kappa shape index (κ3) is 1.75. The highest BCUT2D eigenvalue weighted by atomic mass is 15.2. The first-order valence-electron chi connectivity index (χ1n) is 4.88. The molecule has 4 nitrogen and oxygen atoms in total. The van der Waals surface area contributed by atoms with Gasteiger partial charge in [-0.3, -0.25) is 0 Å². The topological polar surface area (TPSA) is 67.3 Å². The molecule has 1 aliphatic heterocycles. The Labute approximate surface area is 83.9 Å². The Bertz CT molecular complexity index is 318. The molecule has 1 heterocycles. The molecule has 0 bridgehead atoms. The van der Waals surface area contributed by atoms with Gasteiger partial charge in [-0.05, 0) is 18.2 Å². The van der Waals surface area contributed by atoms with Gasteiger partial charge in [-0.15, -0.1) is 0 Å². The van der Waals surface area contributed by atoms with Crippen molar-refractivity contribution in [3.05, 3.63) is 18.2 Å². The zero-order valence-corrected chi connectivity index (χ0v) is 8.16. The van der Waals surface area contributed by atoms with E-state index in [4.69, 9.17) is 11.5 Å². The lowest BCUT2D eigenvalue weighted by Crippen LogP contribution is -2.43. The fourth-order valence-electron chi connectivity index (χ4n) is 1.77. The van der Waals surface area contributed by atoms with Crippen molar-refractivity contribution in [2.45, 2.75) is 0 Å². The summed E-state index contributed by atoms with van der Waals surface area (Å²) in [4.78, 5) is 2.28. The standard InChI is InChI=1S/C10H16N4/c11-8-1-2-10(9(12)7-8)14-5-3-13-4-6-14/h1-2,7,13H,3-6,11-12H2. The number of rotatable bonds is 1. The van der Waals surface area contributed by atoms with Gasteiger partial charge in [-0.1, -0.05) is 0 Å². The lowest BCUT2D eigenvalue weighted by molar-refractivity contribution is 0.590. The zero-order chi connectivity index (χ0) is 9.97. The van der Waals surface area contributed by atoms with Gasteiger partial charge < -0.3 is 21.7 Å². The van der Waals surface area contributed by atoms with Crippen molar-refractivity contribution >= 4 is 17.1 Å². The highest BCUT2D eigenvalue weighted by Gasteiger charge is 2.12. The van der Waals surface area contributed by atoms with E-state index in [1.54, 1.807) is 0 Å². The van der Waals surface area contributed by atoms with Crippen LogP contribution >= 0.6 is 0 Å². The zero-order valence-electron chi connectivity index (χ0n) is 8.16. The van der Waals surface area contributed by atoms with Crippen molar-refractivity contribution in [1.82, 2.24) is 5.32 Å². The molecule has 5 N–H and O–H groups in total. The third-order valence-electron chi connectivity index (χ3n) is 2.51. The van der Waals surface area contributed by atoms with Crippen LogP contribution in [-0.2, 0) is 0 Å². The monoisotopic (exact) mass is 192 g/mol. The summed E-state index contributed by atoms with van der Waals surface area (Å²) < 4.78 is 0. The van der Waals surface area contributed by atoms with Crippen molar-refractivity contribution < 1.29 is 0 Å². The fourth-order valence-corrected chi connectivity index (χ4v) is 1.77. The van der Waals surface area contributed by atoms with Gasteiger partial charge in [0.25, 0.3) is 0 Å². The van der Waals surface area contributed by atoms with Gasteiger partial charge in [0.15, 0.2) is 0 Å². The molecule has 0 amide bonds. The molecule has 1 saturated heterocycles. The quantitative estimate of drug-likeness (QED) is 0.558. The van der Waals surface area contributed by atoms with Crippen LogP contribution < -0.4 is 21.7 Å². The van der Waals surface area contributed by atoms with E-state index in [0.29, 0.717) is 0 Å². The molecule has 0 spiro atoms. The number of anilines is 3. The van der Waals surface area contributed by atoms with E-state index in [0.717, 1.165) is 43.2 Å². The number of nitrogens with two attached hydrogens (primary N) is 2. The second kappa shape index (κ2) is 3.75. The van der Waals surface area contributed by atoms with E-state index >= 15 is 0 Å². The maximum Gasteiger partial charge on any atom is 0.0602 e. The van der Waals surface area contributed by atoms with Gasteiger partial charge in [0.05, 0.1) is 11.4 Å². The molecular formula is C10H16N4. The van der Waals surface area contributed by atoms with Crippen LogP contribution in [0.15, 0.2) is 18.2 Å². The minimum absolute atomic E-state index is 0.724. The summed E-state index contributed by atoms with van der Waals surface area (Å²) in [5, 5.41) is 3.31. The van der Waals surface area contributed by atoms with E-state index < -0.39 is 0 Å². The maximum absolute atomic E-state index is 5.91. The normalized spacial score (nSPS) is 17.0. The minimum Gasteiger partial charge on any atom is -0.399 e. The van der Waals surface area contributed by atoms with Crippen molar-refractivity contribution in [2.24, 2.45) is 0 Å². The average molecular weight is 192 g/mol. The number of benzene rings is 1. The Morgan fingerprint density at radius 1 is 1.14 bits per heavy atom. The van der Waals surface area contributed by atoms with Crippen LogP contribution in [0.3, 0.4) is 0 Å². The van der Waals surface area contributed by atoms with E-state index in [9.17, 15) is 0 Å². The van der Waals surface area contributed by atoms with Crippen LogP contribution in [0.2, 0.25) is 0 Å². The molecule has 0 aromatic heterocycles. The van der Waals surface area contributed by atoms with Crippen molar-refractivity contribution in [3.8, 4) is 0 Å². The molecule has 1 aliphatic rings. The van der Waals surface area contributed by atoms with Crippen molar-refractivity contribution in [2.75, 3.05) is 42.5 Å². The predicted molar refractivity (Wildman–Crippen MR) is 60.3 cm³/mol. The van der Waals surface area contributed by atoms with Crippen LogP contribution in [0.25, 0.3) is 0 Å². The average Bonchev–Trinajstić information content (AvgIpc) is 2.19. The lowest BCUT2D eigenvalue weighted by atomic mass is 10.2. The van der Waals surface area contributed by atoms with E-state index in [2.05, 4.69) is 10.2 Å². The Hall–Kier alpha value is -1.42. The van der Waals surface area contributed by atoms with Crippen LogP contribution in [0.1, 0.15) is 0 Å². The molecule has 0 atom stereocenters. The van der Waals surface area contributed by atoms with E-state index in [1.807, 2.05) is 18.2 Å². The summed E-state index contributed by atoms with van der Waals surface area (Å²) in [6.45, 7) is 4.05. The van der Waals surface area contributed by atoms with Crippen LogP contribution in [-0.4, -0.2) is 26.2 Å². The second-order valence-electron chi connectivity index (χ2n) is 3.56. The van der Waals surface area contributed by atoms with Gasteiger partial charge in [-0.25, -0.2) is 0 Å². The van der Waals surface area contributed by atoms with Crippen LogP contribution in [0, 0.1) is 0 Å². The van der Waals surface area contributed by atoms with Crippen LogP contribution in [0.4, 0.5) is 17.1 Å². The summed E-state index contributed by atoms with van der Waals surface area (Å²) in [6.07, 6.45) is 0. The highest BCUT2D eigenvalue weighted by molar-refractivity contribution is 5.72. The van der Waals surface area contributed by atoms with E-state index in [-0.39, 0.29) is 0 Å². The molecular weight excluding hydrogens is 176 g/mol. The Morgan fingerprint density at radius 3 is 2.50 bits per heavy atom. The minimum atomic E-state index is 0.724.